The van der Waals surface area contributed by atoms with Crippen LogP contribution in [0.2, 0.25) is 0 Å². The van der Waals surface area contributed by atoms with Gasteiger partial charge in [0, 0.05) is 28.4 Å². The van der Waals surface area contributed by atoms with Gasteiger partial charge in [0.15, 0.2) is 0 Å². The van der Waals surface area contributed by atoms with Crippen LogP contribution in [0.5, 0.6) is 0 Å². The van der Waals surface area contributed by atoms with E-state index in [1.165, 1.54) is 44.5 Å². The van der Waals surface area contributed by atoms with Crippen LogP contribution in [0.3, 0.4) is 0 Å². The summed E-state index contributed by atoms with van der Waals surface area (Å²) in [4.78, 5) is 7.24. The van der Waals surface area contributed by atoms with Crippen LogP contribution in [-0.4, -0.2) is 0 Å². The second-order valence-electron chi connectivity index (χ2n) is 18.4. The number of hydrogen-bond acceptors (Lipinski definition) is 3. The Labute approximate surface area is 416 Å². The Hall–Kier alpha value is -9.18. The zero-order chi connectivity index (χ0) is 47.2. The van der Waals surface area contributed by atoms with Crippen molar-refractivity contribution < 1.29 is 0 Å². The summed E-state index contributed by atoms with van der Waals surface area (Å²) in [5.74, 6) is 0. The minimum atomic E-state index is -0.520. The molecular weight excluding hydrogens is 859 g/mol. The first-order valence-electron chi connectivity index (χ1n) is 24.5. The van der Waals surface area contributed by atoms with Crippen LogP contribution in [0.4, 0.5) is 51.2 Å². The molecule has 0 fully saturated rings. The normalized spacial score (nSPS) is 13.8. The van der Waals surface area contributed by atoms with Crippen molar-refractivity contribution >= 4 is 51.2 Å². The van der Waals surface area contributed by atoms with Crippen molar-refractivity contribution in [3.8, 4) is 0 Å². The lowest BCUT2D eigenvalue weighted by atomic mass is 9.62. The highest BCUT2D eigenvalue weighted by atomic mass is 15.2. The molecule has 0 spiro atoms. The predicted octanol–water partition coefficient (Wildman–Crippen LogP) is 17.5. The largest absolute Gasteiger partial charge is 0.311 e. The molecule has 71 heavy (non-hydrogen) atoms. The quantitative estimate of drug-likeness (QED) is 0.143. The van der Waals surface area contributed by atoms with Crippen LogP contribution in [0.1, 0.15) is 44.5 Å². The van der Waals surface area contributed by atoms with Gasteiger partial charge in [-0.25, -0.2) is 0 Å². The molecule has 2 heterocycles. The van der Waals surface area contributed by atoms with E-state index in [-0.39, 0.29) is 0 Å². The third kappa shape index (κ3) is 6.58. The van der Waals surface area contributed by atoms with Crippen LogP contribution in [0.25, 0.3) is 0 Å². The zero-order valence-corrected chi connectivity index (χ0v) is 39.1. The fourth-order valence-electron chi connectivity index (χ4n) is 11.9. The molecule has 0 atom stereocenters. The van der Waals surface area contributed by atoms with Crippen LogP contribution in [-0.2, 0) is 10.8 Å². The van der Waals surface area contributed by atoms with Crippen molar-refractivity contribution in [3.63, 3.8) is 0 Å². The maximum absolute atomic E-state index is 2.44. The molecule has 3 nitrogen and oxygen atoms in total. The Morgan fingerprint density at radius 3 is 0.718 bits per heavy atom. The number of benzene rings is 11. The van der Waals surface area contributed by atoms with Gasteiger partial charge in [0.05, 0.1) is 33.6 Å². The SMILES string of the molecule is c1ccc(N(c2ccc(N3c4ccccc4C(c4ccccc4)(c4ccccc4)c4ccccc43)cc2)c2ccc(N3c4ccccc4C(c4ccccc4)(c4ccccc4)c4ccccc43)cc2)cc1. The molecule has 0 N–H and O–H groups in total. The van der Waals surface area contributed by atoms with E-state index in [1.807, 2.05) is 0 Å². The van der Waals surface area contributed by atoms with Crippen LogP contribution in [0.15, 0.2) is 297 Å². The minimum absolute atomic E-state index is 0.520. The molecule has 11 aromatic carbocycles. The van der Waals surface area contributed by atoms with Crippen molar-refractivity contribution in [1.82, 2.24) is 0 Å². The first kappa shape index (κ1) is 42.0. The fraction of sp³-hybridized carbons (Fsp3) is 0.0294. The molecule has 3 heteroatoms. The monoisotopic (exact) mass is 907 g/mol. The number of hydrogen-bond donors (Lipinski definition) is 0. The average molecular weight is 908 g/mol. The summed E-state index contributed by atoms with van der Waals surface area (Å²) in [6.07, 6.45) is 0. The average Bonchev–Trinajstić information content (AvgIpc) is 3.46. The molecule has 0 amide bonds. The van der Waals surface area contributed by atoms with E-state index in [0.29, 0.717) is 0 Å². The molecule has 0 bridgehead atoms. The molecule has 0 saturated heterocycles. The number of rotatable bonds is 9. The highest BCUT2D eigenvalue weighted by molar-refractivity contribution is 5.92. The van der Waals surface area contributed by atoms with Gasteiger partial charge in [-0.1, -0.05) is 212 Å². The van der Waals surface area contributed by atoms with Crippen molar-refractivity contribution in [3.05, 3.63) is 342 Å². The standard InChI is InChI=1S/C68H49N3/c1-6-24-50(25-7-1)67(51-26-8-2-9-27-51)59-34-16-20-38-63(59)70(64-39-21-17-35-60(64)67)57-46-42-55(43-47-57)69(54-32-14-5-15-33-54)56-44-48-58(49-45-56)71-65-40-22-18-36-61(65)68(52-28-10-3-11-29-52,53-30-12-4-13-31-53)62-37-19-23-41-66(62)71/h1-49H. The van der Waals surface area contributed by atoms with E-state index >= 15 is 0 Å². The third-order valence-corrected chi connectivity index (χ3v) is 14.8. The molecule has 11 aromatic rings. The van der Waals surface area contributed by atoms with Gasteiger partial charge in [-0.15, -0.1) is 0 Å². The number of anilines is 9. The lowest BCUT2D eigenvalue weighted by Crippen LogP contribution is -2.37. The fourth-order valence-corrected chi connectivity index (χ4v) is 11.9. The second kappa shape index (κ2) is 17.4. The van der Waals surface area contributed by atoms with E-state index in [0.717, 1.165) is 51.2 Å². The highest BCUT2D eigenvalue weighted by Gasteiger charge is 2.48. The lowest BCUT2D eigenvalue weighted by molar-refractivity contribution is 0.731. The number of para-hydroxylation sites is 5. The summed E-state index contributed by atoms with van der Waals surface area (Å²) in [7, 11) is 0. The van der Waals surface area contributed by atoms with Crippen LogP contribution >= 0.6 is 0 Å². The van der Waals surface area contributed by atoms with Crippen LogP contribution in [0, 0.1) is 0 Å². The Morgan fingerprint density at radius 1 is 0.211 bits per heavy atom. The van der Waals surface area contributed by atoms with E-state index in [9.17, 15) is 0 Å². The second-order valence-corrected chi connectivity index (χ2v) is 18.4. The van der Waals surface area contributed by atoms with Crippen molar-refractivity contribution in [2.75, 3.05) is 14.7 Å². The summed E-state index contributed by atoms with van der Waals surface area (Å²) in [6.45, 7) is 0. The molecule has 0 radical (unpaired) electrons. The van der Waals surface area contributed by atoms with Gasteiger partial charge in [-0.2, -0.15) is 0 Å². The number of nitrogens with zero attached hydrogens (tertiary/aromatic N) is 3. The first-order chi connectivity index (χ1) is 35.3. The molecule has 2 aliphatic heterocycles. The smallest absolute Gasteiger partial charge is 0.0742 e. The summed E-state index contributed by atoms with van der Waals surface area (Å²) in [6, 6.07) is 109. The summed E-state index contributed by atoms with van der Waals surface area (Å²) in [5, 5.41) is 0. The van der Waals surface area contributed by atoms with Gasteiger partial charge in [0.25, 0.3) is 0 Å². The Kier molecular flexibility index (Phi) is 10.3. The number of fused-ring (bicyclic) bond motifs is 4. The molecule has 13 rings (SSSR count). The molecule has 0 aromatic heterocycles. The van der Waals surface area contributed by atoms with E-state index in [2.05, 4.69) is 312 Å². The van der Waals surface area contributed by atoms with Gasteiger partial charge < -0.3 is 14.7 Å². The Bertz CT molecular complexity index is 3230. The molecular formula is C68H49N3. The topological polar surface area (TPSA) is 9.72 Å². The summed E-state index contributed by atoms with van der Waals surface area (Å²) < 4.78 is 0. The van der Waals surface area contributed by atoms with Gasteiger partial charge in [0.2, 0.25) is 0 Å². The minimum Gasteiger partial charge on any atom is -0.311 e. The Morgan fingerprint density at radius 2 is 0.437 bits per heavy atom. The zero-order valence-electron chi connectivity index (χ0n) is 39.1. The molecule has 336 valence electrons. The molecule has 2 aliphatic rings. The van der Waals surface area contributed by atoms with E-state index in [4.69, 9.17) is 0 Å². The maximum atomic E-state index is 2.44. The Balaban J connectivity index is 0.909. The summed E-state index contributed by atoms with van der Waals surface area (Å²) >= 11 is 0. The molecule has 0 unspecified atom stereocenters. The van der Waals surface area contributed by atoms with E-state index < -0.39 is 10.8 Å². The molecule has 0 aliphatic carbocycles. The van der Waals surface area contributed by atoms with Crippen molar-refractivity contribution in [2.45, 2.75) is 10.8 Å². The van der Waals surface area contributed by atoms with Crippen molar-refractivity contribution in [2.24, 2.45) is 0 Å². The van der Waals surface area contributed by atoms with Gasteiger partial charge >= 0.3 is 0 Å². The van der Waals surface area contributed by atoms with Gasteiger partial charge in [0.1, 0.15) is 0 Å². The van der Waals surface area contributed by atoms with Gasteiger partial charge in [-0.3, -0.25) is 0 Å². The van der Waals surface area contributed by atoms with E-state index in [1.54, 1.807) is 0 Å². The first-order valence-corrected chi connectivity index (χ1v) is 24.5. The molecule has 0 saturated carbocycles. The predicted molar refractivity (Wildman–Crippen MR) is 294 cm³/mol. The lowest BCUT2D eigenvalue weighted by Gasteiger charge is -2.46. The third-order valence-electron chi connectivity index (χ3n) is 14.8. The van der Waals surface area contributed by atoms with Gasteiger partial charge in [-0.05, 0) is 129 Å². The summed E-state index contributed by atoms with van der Waals surface area (Å²) in [5.41, 5.74) is 19.0. The van der Waals surface area contributed by atoms with Crippen LogP contribution < -0.4 is 14.7 Å². The highest BCUT2D eigenvalue weighted by Crippen LogP contribution is 2.59. The van der Waals surface area contributed by atoms with Crippen molar-refractivity contribution in [1.29, 1.82) is 0 Å². The maximum Gasteiger partial charge on any atom is 0.0742 e.